The number of hydrogen-bond acceptors (Lipinski definition) is 3. The highest BCUT2D eigenvalue weighted by atomic mass is 32.2. The molecule has 0 saturated heterocycles. The molecule has 0 aliphatic rings. The Bertz CT molecular complexity index is 156. The summed E-state index contributed by atoms with van der Waals surface area (Å²) in [6.45, 7) is -0.185. The maximum Gasteiger partial charge on any atom is 0.234 e. The van der Waals surface area contributed by atoms with Crippen LogP contribution in [0.25, 0.3) is 0 Å². The number of amides is 1. The van der Waals surface area contributed by atoms with Gasteiger partial charge in [-0.05, 0) is 0 Å². The third kappa shape index (κ3) is 5.25. The summed E-state index contributed by atoms with van der Waals surface area (Å²) in [6, 6.07) is 0. The second kappa shape index (κ2) is 4.28. The van der Waals surface area contributed by atoms with Crippen LogP contribution < -0.4 is 10.0 Å². The van der Waals surface area contributed by atoms with E-state index in [-0.39, 0.29) is 12.5 Å². The van der Waals surface area contributed by atoms with E-state index in [1.54, 1.807) is 0 Å². The first-order valence-corrected chi connectivity index (χ1v) is 3.43. The monoisotopic (exact) mass is 152 g/mol. The van der Waals surface area contributed by atoms with E-state index in [0.717, 1.165) is 0 Å². The number of thiol groups is 1. The molecule has 0 atom stereocenters. The fourth-order valence-electron chi connectivity index (χ4n) is 0.225. The van der Waals surface area contributed by atoms with Gasteiger partial charge in [0.15, 0.2) is 0 Å². The maximum atomic E-state index is 10.3. The zero-order chi connectivity index (χ0) is 7.28. The minimum Gasteiger partial charge on any atom is -0.358 e. The van der Waals surface area contributed by atoms with Gasteiger partial charge in [-0.1, -0.05) is 0 Å². The van der Waals surface area contributed by atoms with Gasteiger partial charge in [0, 0.05) is 7.05 Å². The second-order valence-electron chi connectivity index (χ2n) is 1.27. The Morgan fingerprint density at radius 1 is 1.56 bits per heavy atom. The van der Waals surface area contributed by atoms with Gasteiger partial charge in [0.2, 0.25) is 16.8 Å². The predicted molar refractivity (Wildman–Crippen MR) is 32.4 cm³/mol. The van der Waals surface area contributed by atoms with Crippen molar-refractivity contribution in [2.75, 3.05) is 13.6 Å². The topological polar surface area (TPSA) is 75.3 Å². The Morgan fingerprint density at radius 3 is 2.44 bits per heavy atom. The molecular formula is C3H8N2O3S. The van der Waals surface area contributed by atoms with E-state index in [4.69, 9.17) is 0 Å². The summed E-state index contributed by atoms with van der Waals surface area (Å²) in [5, 5.41) is 2.25. The molecule has 2 N–H and O–H groups in total. The number of hydrogen-bond donors (Lipinski definition) is 3. The molecular weight excluding hydrogens is 144 g/mol. The highest BCUT2D eigenvalue weighted by molar-refractivity contribution is 7.70. The van der Waals surface area contributed by atoms with Crippen LogP contribution >= 0.6 is 0 Å². The largest absolute Gasteiger partial charge is 0.358 e. The molecule has 5 nitrogen and oxygen atoms in total. The first kappa shape index (κ1) is 8.38. The molecule has 0 aromatic carbocycles. The van der Waals surface area contributed by atoms with Crippen molar-refractivity contribution in [2.45, 2.75) is 0 Å². The van der Waals surface area contributed by atoms with Gasteiger partial charge in [0.05, 0.1) is 6.54 Å². The van der Waals surface area contributed by atoms with Crippen molar-refractivity contribution >= 4 is 16.8 Å². The summed E-state index contributed by atoms with van der Waals surface area (Å²) in [5.74, 6) is -0.353. The van der Waals surface area contributed by atoms with E-state index in [1.165, 1.54) is 7.05 Å². The van der Waals surface area contributed by atoms with E-state index >= 15 is 0 Å². The van der Waals surface area contributed by atoms with E-state index in [2.05, 4.69) is 5.32 Å². The fraction of sp³-hybridized carbons (Fsp3) is 0.667. The molecule has 0 aliphatic carbocycles. The van der Waals surface area contributed by atoms with E-state index in [0.29, 0.717) is 0 Å². The lowest BCUT2D eigenvalue weighted by Crippen LogP contribution is -2.30. The predicted octanol–water partition coefficient (Wildman–Crippen LogP) is -2.15. The molecule has 0 fully saturated rings. The van der Waals surface area contributed by atoms with Crippen LogP contribution in [0.1, 0.15) is 0 Å². The highest BCUT2D eigenvalue weighted by Crippen LogP contribution is 1.58. The first-order valence-electron chi connectivity index (χ1n) is 2.25. The third-order valence-electron chi connectivity index (χ3n) is 0.648. The standard InChI is InChI=1S/C3H8N2O3S/c1-4-3(6)2-5-9(7)8/h9H,2H2,1H3,(H,4,6)(H,5,7,8). The van der Waals surface area contributed by atoms with E-state index in [9.17, 15) is 13.2 Å². The average molecular weight is 152 g/mol. The van der Waals surface area contributed by atoms with Gasteiger partial charge in [-0.25, -0.2) is 13.1 Å². The summed E-state index contributed by atoms with van der Waals surface area (Å²) in [7, 11) is -1.22. The lowest BCUT2D eigenvalue weighted by Gasteiger charge is -1.93. The van der Waals surface area contributed by atoms with Gasteiger partial charge < -0.3 is 5.32 Å². The summed E-state index contributed by atoms with van der Waals surface area (Å²) in [4.78, 5) is 10.3. The minimum atomic E-state index is -2.65. The van der Waals surface area contributed by atoms with Gasteiger partial charge in [-0.15, -0.1) is 0 Å². The molecule has 0 rings (SSSR count). The second-order valence-corrected chi connectivity index (χ2v) is 2.10. The number of carbonyl (C=O) groups is 1. The van der Waals surface area contributed by atoms with Crippen LogP contribution in [-0.4, -0.2) is 27.9 Å². The molecule has 0 spiro atoms. The van der Waals surface area contributed by atoms with Crippen molar-refractivity contribution in [3.63, 3.8) is 0 Å². The Kier molecular flexibility index (Phi) is 3.98. The van der Waals surface area contributed by atoms with Crippen molar-refractivity contribution < 1.29 is 13.2 Å². The molecule has 9 heavy (non-hydrogen) atoms. The number of likely N-dealkylation sites (N-methyl/N-ethyl adjacent to an activating group) is 1. The smallest absolute Gasteiger partial charge is 0.234 e. The number of nitrogens with one attached hydrogen (secondary N) is 2. The van der Waals surface area contributed by atoms with Crippen molar-refractivity contribution in [1.29, 1.82) is 0 Å². The van der Waals surface area contributed by atoms with Crippen molar-refractivity contribution in [2.24, 2.45) is 0 Å². The molecule has 6 heteroatoms. The summed E-state index contributed by atoms with van der Waals surface area (Å²) >= 11 is 0. The van der Waals surface area contributed by atoms with E-state index < -0.39 is 10.9 Å². The van der Waals surface area contributed by atoms with Crippen LogP contribution in [0.5, 0.6) is 0 Å². The average Bonchev–Trinajstić information content (AvgIpc) is 1.83. The zero-order valence-corrected chi connectivity index (χ0v) is 5.77. The van der Waals surface area contributed by atoms with Crippen molar-refractivity contribution in [3.8, 4) is 0 Å². The van der Waals surface area contributed by atoms with Crippen LogP contribution in [0.2, 0.25) is 0 Å². The summed E-state index contributed by atoms with van der Waals surface area (Å²) in [6.07, 6.45) is 0. The van der Waals surface area contributed by atoms with Crippen LogP contribution in [0.3, 0.4) is 0 Å². The molecule has 0 saturated carbocycles. The summed E-state index contributed by atoms with van der Waals surface area (Å²) < 4.78 is 21.5. The quantitative estimate of drug-likeness (QED) is 0.403. The van der Waals surface area contributed by atoms with Crippen LogP contribution in [-0.2, 0) is 15.7 Å². The Balaban J connectivity index is 3.39. The molecule has 0 aliphatic heterocycles. The first-order chi connectivity index (χ1) is 4.16. The molecule has 0 radical (unpaired) electrons. The molecule has 54 valence electrons. The number of rotatable bonds is 3. The minimum absolute atomic E-state index is 0.185. The Morgan fingerprint density at radius 2 is 2.11 bits per heavy atom. The molecule has 0 aromatic rings. The lowest BCUT2D eigenvalue weighted by molar-refractivity contribution is -0.119. The normalized spacial score (nSPS) is 9.56. The highest BCUT2D eigenvalue weighted by Gasteiger charge is 1.94. The molecule has 0 aromatic heterocycles. The Labute approximate surface area is 54.5 Å². The van der Waals surface area contributed by atoms with Crippen molar-refractivity contribution in [1.82, 2.24) is 10.0 Å². The van der Waals surface area contributed by atoms with Gasteiger partial charge in [0.1, 0.15) is 0 Å². The zero-order valence-electron chi connectivity index (χ0n) is 4.88. The molecule has 1 amide bonds. The fourth-order valence-corrected chi connectivity index (χ4v) is 0.497. The number of carbonyl (C=O) groups excluding carboxylic acids is 1. The van der Waals surface area contributed by atoms with Crippen LogP contribution in [0.15, 0.2) is 0 Å². The van der Waals surface area contributed by atoms with Crippen LogP contribution in [0.4, 0.5) is 0 Å². The summed E-state index contributed by atoms with van der Waals surface area (Å²) in [5.41, 5.74) is 0. The molecule has 0 heterocycles. The Hall–Kier alpha value is -0.620. The van der Waals surface area contributed by atoms with E-state index in [1.807, 2.05) is 4.72 Å². The lowest BCUT2D eigenvalue weighted by atomic mass is 10.6. The third-order valence-corrected chi connectivity index (χ3v) is 1.06. The van der Waals surface area contributed by atoms with Gasteiger partial charge in [-0.2, -0.15) is 0 Å². The molecule has 0 unspecified atom stereocenters. The van der Waals surface area contributed by atoms with Crippen LogP contribution in [0, 0.1) is 0 Å². The SMILES string of the molecule is CNC(=O)CN[SH](=O)=O. The van der Waals surface area contributed by atoms with Gasteiger partial charge in [0.25, 0.3) is 0 Å². The van der Waals surface area contributed by atoms with Crippen molar-refractivity contribution in [3.05, 3.63) is 0 Å². The van der Waals surface area contributed by atoms with Gasteiger partial charge >= 0.3 is 0 Å². The van der Waals surface area contributed by atoms with Gasteiger partial charge in [-0.3, -0.25) is 4.79 Å². The maximum absolute atomic E-state index is 10.3. The molecule has 0 bridgehead atoms.